The van der Waals surface area contributed by atoms with E-state index in [2.05, 4.69) is 16.0 Å². The molecule has 2 saturated heterocycles. The van der Waals surface area contributed by atoms with Gasteiger partial charge in [0.25, 0.3) is 5.91 Å². The van der Waals surface area contributed by atoms with Crippen molar-refractivity contribution in [2.75, 3.05) is 20.1 Å². The highest BCUT2D eigenvalue weighted by molar-refractivity contribution is 5.96. The molecule has 0 radical (unpaired) electrons. The number of cyclic esters (lactones) is 1. The molecule has 2 fully saturated rings. The van der Waals surface area contributed by atoms with Crippen molar-refractivity contribution >= 4 is 35.5 Å². The van der Waals surface area contributed by atoms with Crippen LogP contribution in [0.3, 0.4) is 0 Å². The molecule has 0 aliphatic carbocycles. The molecule has 2 rings (SSSR count). The van der Waals surface area contributed by atoms with Crippen LogP contribution in [0, 0.1) is 17.8 Å². The zero-order valence-electron chi connectivity index (χ0n) is 25.8. The Kier molecular flexibility index (Phi) is 12.6. The third-order valence-electron chi connectivity index (χ3n) is 8.46. The van der Waals surface area contributed by atoms with E-state index >= 15 is 0 Å². The summed E-state index contributed by atoms with van der Waals surface area (Å²) in [5, 5.41) is 8.32. The van der Waals surface area contributed by atoms with Gasteiger partial charge < -0.3 is 30.5 Å². The van der Waals surface area contributed by atoms with E-state index in [4.69, 9.17) is 4.74 Å². The normalized spacial score (nSPS) is 29.4. The van der Waals surface area contributed by atoms with Crippen molar-refractivity contribution in [2.24, 2.45) is 17.8 Å². The van der Waals surface area contributed by atoms with Crippen LogP contribution in [0.2, 0.25) is 0 Å². The van der Waals surface area contributed by atoms with E-state index in [-0.39, 0.29) is 30.7 Å². The Hall–Kier alpha value is -3.18. The van der Waals surface area contributed by atoms with Gasteiger partial charge >= 0.3 is 5.97 Å². The summed E-state index contributed by atoms with van der Waals surface area (Å²) in [6, 6.07) is -3.59. The average Bonchev–Trinajstić information content (AvgIpc) is 3.44. The van der Waals surface area contributed by atoms with Crippen molar-refractivity contribution < 1.29 is 33.5 Å². The molecule has 0 saturated carbocycles. The zero-order chi connectivity index (χ0) is 31.0. The lowest BCUT2D eigenvalue weighted by Crippen LogP contribution is -2.60. The molecule has 2 heterocycles. The topological polar surface area (TPSA) is 154 Å². The summed E-state index contributed by atoms with van der Waals surface area (Å²) in [5.41, 5.74) is 0. The number of likely N-dealkylation sites (N-methyl/N-ethyl adjacent to an activating group) is 1. The third-order valence-corrected chi connectivity index (χ3v) is 8.46. The molecule has 12 heteroatoms. The van der Waals surface area contributed by atoms with Crippen molar-refractivity contribution in [1.29, 1.82) is 0 Å². The van der Waals surface area contributed by atoms with Crippen molar-refractivity contribution in [1.82, 2.24) is 25.8 Å². The molecule has 5 amide bonds. The molecule has 41 heavy (non-hydrogen) atoms. The minimum atomic E-state index is -1.08. The van der Waals surface area contributed by atoms with Gasteiger partial charge in [-0.3, -0.25) is 28.8 Å². The quantitative estimate of drug-likeness (QED) is 0.410. The SMILES string of the molecule is CC[C@@H](C)[C@H]1OC(=O)CCNC(=O)[C@H](C)N(C)C(=O)[C@H](C(C)C)NC(=O)[C@H]([C@@H](C)CC)NC(=O)[C@@H]2CCCN2C1=O. The molecule has 0 aromatic rings. The maximum absolute atomic E-state index is 13.7. The summed E-state index contributed by atoms with van der Waals surface area (Å²) in [7, 11) is 1.48. The molecule has 12 nitrogen and oxygen atoms in total. The van der Waals surface area contributed by atoms with Crippen LogP contribution in [0.25, 0.3) is 0 Å². The molecule has 2 aliphatic rings. The van der Waals surface area contributed by atoms with Crippen LogP contribution < -0.4 is 16.0 Å². The van der Waals surface area contributed by atoms with Gasteiger partial charge in [0.2, 0.25) is 23.6 Å². The van der Waals surface area contributed by atoms with Gasteiger partial charge in [-0.1, -0.05) is 48.0 Å². The Bertz CT molecular complexity index is 987. The van der Waals surface area contributed by atoms with E-state index < -0.39 is 65.8 Å². The number of fused-ring (bicyclic) bond motifs is 1. The highest BCUT2D eigenvalue weighted by atomic mass is 16.5. The molecule has 0 unspecified atom stereocenters. The molecule has 0 bridgehead atoms. The van der Waals surface area contributed by atoms with Crippen LogP contribution in [0.1, 0.15) is 80.6 Å². The molecular weight excluding hydrogens is 530 g/mol. The van der Waals surface area contributed by atoms with E-state index in [9.17, 15) is 28.8 Å². The average molecular weight is 580 g/mol. The predicted molar refractivity (Wildman–Crippen MR) is 152 cm³/mol. The van der Waals surface area contributed by atoms with Crippen molar-refractivity contribution in [3.05, 3.63) is 0 Å². The van der Waals surface area contributed by atoms with Gasteiger partial charge in [-0.05, 0) is 38.0 Å². The molecule has 0 spiro atoms. The number of rotatable bonds is 5. The highest BCUT2D eigenvalue weighted by Gasteiger charge is 2.42. The lowest BCUT2D eigenvalue weighted by Gasteiger charge is -2.33. The molecular formula is C29H49N5O7. The maximum atomic E-state index is 13.7. The largest absolute Gasteiger partial charge is 0.452 e. The fourth-order valence-electron chi connectivity index (χ4n) is 5.02. The van der Waals surface area contributed by atoms with Crippen LogP contribution in [-0.4, -0.2) is 95.7 Å². The van der Waals surface area contributed by atoms with Crippen LogP contribution >= 0.6 is 0 Å². The summed E-state index contributed by atoms with van der Waals surface area (Å²) in [4.78, 5) is 82.5. The number of amides is 5. The first kappa shape index (κ1) is 34.0. The molecule has 2 aliphatic heterocycles. The standard InChI is InChI=1S/C29H49N5O7/c1-9-17(5)23-27(38)31-22(16(3)4)28(39)33(8)19(7)25(36)30-14-13-21(35)41-24(18(6)10-2)29(40)34-15-11-12-20(34)26(37)32-23/h16-20,22-24H,9-15H2,1-8H3,(H,30,36)(H,31,38)(H,32,37)/t17-,18+,19-,20-,22-,23-,24+/m0/s1. The second-order valence-corrected chi connectivity index (χ2v) is 11.8. The predicted octanol–water partition coefficient (Wildman–Crippen LogP) is 0.974. The lowest BCUT2D eigenvalue weighted by atomic mass is 9.95. The van der Waals surface area contributed by atoms with E-state index in [1.807, 2.05) is 20.8 Å². The lowest BCUT2D eigenvalue weighted by molar-refractivity contribution is -0.165. The maximum Gasteiger partial charge on any atom is 0.308 e. The van der Waals surface area contributed by atoms with Crippen molar-refractivity contribution in [2.45, 2.75) is 111 Å². The second-order valence-electron chi connectivity index (χ2n) is 11.8. The van der Waals surface area contributed by atoms with E-state index in [1.165, 1.54) is 16.8 Å². The van der Waals surface area contributed by atoms with E-state index in [0.29, 0.717) is 32.2 Å². The summed E-state index contributed by atoms with van der Waals surface area (Å²) in [6.45, 7) is 12.8. The van der Waals surface area contributed by atoms with Crippen LogP contribution in [0.4, 0.5) is 0 Å². The number of nitrogens with one attached hydrogen (secondary N) is 3. The Balaban J connectivity index is 2.49. The minimum Gasteiger partial charge on any atom is -0.452 e. The summed E-state index contributed by atoms with van der Waals surface area (Å²) in [6.07, 6.45) is 0.899. The Morgan fingerprint density at radius 1 is 0.854 bits per heavy atom. The number of hydrogen-bond acceptors (Lipinski definition) is 7. The van der Waals surface area contributed by atoms with Crippen molar-refractivity contribution in [3.63, 3.8) is 0 Å². The molecule has 0 aromatic carbocycles. The first-order chi connectivity index (χ1) is 19.2. The second kappa shape index (κ2) is 15.2. The number of hydrogen-bond donors (Lipinski definition) is 3. The fourth-order valence-corrected chi connectivity index (χ4v) is 5.02. The number of carbonyl (C=O) groups is 6. The van der Waals surface area contributed by atoms with Gasteiger partial charge in [0, 0.05) is 26.1 Å². The molecule has 232 valence electrons. The number of carbonyl (C=O) groups excluding carboxylic acids is 6. The van der Waals surface area contributed by atoms with Gasteiger partial charge in [-0.15, -0.1) is 0 Å². The number of nitrogens with zero attached hydrogens (tertiary/aromatic N) is 2. The van der Waals surface area contributed by atoms with Crippen LogP contribution in [0.15, 0.2) is 0 Å². The Labute approximate surface area is 243 Å². The number of esters is 1. The first-order valence-electron chi connectivity index (χ1n) is 14.9. The molecule has 3 N–H and O–H groups in total. The van der Waals surface area contributed by atoms with Gasteiger partial charge in [0.05, 0.1) is 6.42 Å². The van der Waals surface area contributed by atoms with Crippen LogP contribution in [0.5, 0.6) is 0 Å². The first-order valence-corrected chi connectivity index (χ1v) is 14.9. The molecule has 0 aromatic heterocycles. The molecule has 7 atom stereocenters. The summed E-state index contributed by atoms with van der Waals surface area (Å²) >= 11 is 0. The highest BCUT2D eigenvalue weighted by Crippen LogP contribution is 2.24. The van der Waals surface area contributed by atoms with Gasteiger partial charge in [-0.2, -0.15) is 0 Å². The summed E-state index contributed by atoms with van der Waals surface area (Å²) < 4.78 is 5.62. The Morgan fingerprint density at radius 2 is 1.46 bits per heavy atom. The van der Waals surface area contributed by atoms with Gasteiger partial charge in [-0.25, -0.2) is 0 Å². The fraction of sp³-hybridized carbons (Fsp3) is 0.793. The van der Waals surface area contributed by atoms with Crippen molar-refractivity contribution in [3.8, 4) is 0 Å². The van der Waals surface area contributed by atoms with Gasteiger partial charge in [0.15, 0.2) is 6.10 Å². The van der Waals surface area contributed by atoms with Crippen LogP contribution in [-0.2, 0) is 33.5 Å². The van der Waals surface area contributed by atoms with E-state index in [1.54, 1.807) is 27.7 Å². The Morgan fingerprint density at radius 3 is 2.05 bits per heavy atom. The van der Waals surface area contributed by atoms with E-state index in [0.717, 1.165) is 0 Å². The zero-order valence-corrected chi connectivity index (χ0v) is 25.8. The minimum absolute atomic E-state index is 0.0405. The number of ether oxygens (including phenoxy) is 1. The summed E-state index contributed by atoms with van der Waals surface area (Å²) in [5.74, 6) is -3.86. The monoisotopic (exact) mass is 579 g/mol. The van der Waals surface area contributed by atoms with Gasteiger partial charge in [0.1, 0.15) is 24.2 Å². The third kappa shape index (κ3) is 8.42. The smallest absolute Gasteiger partial charge is 0.308 e.